The zero-order valence-corrected chi connectivity index (χ0v) is 40.4. The summed E-state index contributed by atoms with van der Waals surface area (Å²) >= 11 is 0. The van der Waals surface area contributed by atoms with E-state index in [0.717, 1.165) is 133 Å². The van der Waals surface area contributed by atoms with Gasteiger partial charge in [0.2, 0.25) is 0 Å². The van der Waals surface area contributed by atoms with Gasteiger partial charge in [-0.1, -0.05) is 206 Å². The van der Waals surface area contributed by atoms with Gasteiger partial charge in [-0.05, 0) is 81.9 Å². The first-order chi connectivity index (χ1) is 37.2. The molecule has 0 saturated carbocycles. The normalized spacial score (nSPS) is 11.7. The maximum absolute atomic E-state index is 7.17. The van der Waals surface area contributed by atoms with Crippen LogP contribution in [0.4, 0.5) is 0 Å². The molecular weight excluding hydrogens is 917 g/mol. The maximum atomic E-state index is 7.17. The largest absolute Gasteiger partial charge is 0.456 e. The minimum Gasteiger partial charge on any atom is -0.456 e. The number of furan rings is 2. The topological polar surface area (TPSA) is 69.9 Å². The van der Waals surface area contributed by atoms with Crippen molar-refractivity contribution in [3.63, 3.8) is 0 Å². The highest BCUT2D eigenvalue weighted by Crippen LogP contribution is 2.48. The smallest absolute Gasteiger partial charge is 0.164 e. The van der Waals surface area contributed by atoms with Gasteiger partial charge in [0.1, 0.15) is 22.3 Å². The van der Waals surface area contributed by atoms with Gasteiger partial charge in [0.15, 0.2) is 17.5 Å². The van der Waals surface area contributed by atoms with Gasteiger partial charge in [-0.25, -0.2) is 15.0 Å². The van der Waals surface area contributed by atoms with Crippen molar-refractivity contribution in [3.05, 3.63) is 255 Å². The lowest BCUT2D eigenvalue weighted by Crippen LogP contribution is -2.04. The van der Waals surface area contributed by atoms with Crippen LogP contribution in [-0.4, -0.2) is 19.5 Å². The van der Waals surface area contributed by atoms with E-state index in [2.05, 4.69) is 235 Å². The van der Waals surface area contributed by atoms with E-state index < -0.39 is 0 Å². The Kier molecular flexibility index (Phi) is 9.78. The summed E-state index contributed by atoms with van der Waals surface area (Å²) in [6, 6.07) is 89.3. The molecule has 0 bridgehead atoms. The summed E-state index contributed by atoms with van der Waals surface area (Å²) in [7, 11) is 0. The molecule has 6 heteroatoms. The number of hydrogen-bond donors (Lipinski definition) is 0. The van der Waals surface area contributed by atoms with Gasteiger partial charge in [0.25, 0.3) is 0 Å². The van der Waals surface area contributed by atoms with E-state index in [0.29, 0.717) is 17.5 Å². The molecule has 0 aliphatic carbocycles. The Morgan fingerprint density at radius 2 is 0.693 bits per heavy atom. The van der Waals surface area contributed by atoms with E-state index in [-0.39, 0.29) is 0 Å². The fourth-order valence-electron chi connectivity index (χ4n) is 11.1. The highest BCUT2D eigenvalue weighted by Gasteiger charge is 2.26. The molecule has 0 spiro atoms. The van der Waals surface area contributed by atoms with E-state index in [1.165, 1.54) is 0 Å². The summed E-state index contributed by atoms with van der Waals surface area (Å²) in [5.74, 6) is 1.75. The molecular formula is C69H42N4O2. The van der Waals surface area contributed by atoms with Gasteiger partial charge in [-0.2, -0.15) is 0 Å². The second-order valence-electron chi connectivity index (χ2n) is 19.0. The van der Waals surface area contributed by atoms with Crippen LogP contribution in [0.5, 0.6) is 0 Å². The van der Waals surface area contributed by atoms with Crippen molar-refractivity contribution in [2.75, 3.05) is 0 Å². The molecule has 0 fully saturated rings. The lowest BCUT2D eigenvalue weighted by atomic mass is 9.92. The lowest BCUT2D eigenvalue weighted by molar-refractivity contribution is 0.664. The van der Waals surface area contributed by atoms with Crippen LogP contribution in [0.25, 0.3) is 150 Å². The minimum absolute atomic E-state index is 0.569. The molecule has 0 N–H and O–H groups in total. The van der Waals surface area contributed by atoms with Crippen molar-refractivity contribution >= 4 is 65.7 Å². The quantitative estimate of drug-likeness (QED) is 0.152. The van der Waals surface area contributed by atoms with Crippen LogP contribution >= 0.6 is 0 Å². The SMILES string of the molecule is c1ccc(-c2ccc(-c3nc(-c4ccc(-c5ccccc5)cc4)nc(-c4cc(-c5ccccc5)c(-n5c6ccccc6c6c7oc8c(ccc9oc%10ccccc%10c98)c7ccc65)c(-c5ccccc5)c4)n3)cc2)cc1. The standard InChI is InChI=1S/C69H42N4O2/c1-5-17-43(18-6-1)45-29-33-49(34-30-45)67-70-68(50-35-31-46(32-36-50)44-19-7-2-8-20-44)72-69(71-67)51-41-56(47-21-9-3-10-22-47)64(57(42-51)48-23-11-4-12-24-48)73-58-27-15-13-25-54(58)62-59(73)39-37-52-53-38-40-61-63(66(53)75-65(52)62)55-26-14-16-28-60(55)74-61/h1-42H. The number of aromatic nitrogens is 4. The second kappa shape index (κ2) is 17.3. The fourth-order valence-corrected chi connectivity index (χ4v) is 11.1. The summed E-state index contributed by atoms with van der Waals surface area (Å²) in [4.78, 5) is 16.0. The van der Waals surface area contributed by atoms with Gasteiger partial charge in [-0.3, -0.25) is 0 Å². The van der Waals surface area contributed by atoms with E-state index >= 15 is 0 Å². The molecule has 0 radical (unpaired) electrons. The number of rotatable bonds is 8. The van der Waals surface area contributed by atoms with Crippen LogP contribution in [-0.2, 0) is 0 Å². The summed E-state index contributed by atoms with van der Waals surface area (Å²) in [6.07, 6.45) is 0. The minimum atomic E-state index is 0.569. The number of fused-ring (bicyclic) bond motifs is 11. The van der Waals surface area contributed by atoms with E-state index in [9.17, 15) is 0 Å². The third-order valence-electron chi connectivity index (χ3n) is 14.7. The van der Waals surface area contributed by atoms with Gasteiger partial charge in [0.05, 0.1) is 27.5 Å². The molecule has 0 atom stereocenters. The Labute approximate surface area is 431 Å². The summed E-state index contributed by atoms with van der Waals surface area (Å²) in [6.45, 7) is 0. The Balaban J connectivity index is 0.987. The van der Waals surface area contributed by atoms with Gasteiger partial charge < -0.3 is 13.4 Å². The predicted octanol–water partition coefficient (Wildman–Crippen LogP) is 18.4. The number of hydrogen-bond acceptors (Lipinski definition) is 5. The second-order valence-corrected chi connectivity index (χ2v) is 19.0. The maximum Gasteiger partial charge on any atom is 0.164 e. The Morgan fingerprint density at radius 1 is 0.267 bits per heavy atom. The molecule has 0 aliphatic heterocycles. The first-order valence-corrected chi connectivity index (χ1v) is 25.2. The van der Waals surface area contributed by atoms with E-state index in [1.54, 1.807) is 0 Å². The highest BCUT2D eigenvalue weighted by atomic mass is 16.3. The number of para-hydroxylation sites is 2. The fraction of sp³-hybridized carbons (Fsp3) is 0. The Hall–Kier alpha value is -10.2. The third kappa shape index (κ3) is 7.07. The van der Waals surface area contributed by atoms with Gasteiger partial charge in [0, 0.05) is 49.4 Å². The monoisotopic (exact) mass is 958 g/mol. The lowest BCUT2D eigenvalue weighted by Gasteiger charge is -2.21. The van der Waals surface area contributed by atoms with Crippen molar-refractivity contribution in [1.29, 1.82) is 0 Å². The van der Waals surface area contributed by atoms with Crippen LogP contribution in [0.15, 0.2) is 264 Å². The molecule has 11 aromatic carbocycles. The molecule has 75 heavy (non-hydrogen) atoms. The molecule has 350 valence electrons. The first-order valence-electron chi connectivity index (χ1n) is 25.2. The van der Waals surface area contributed by atoms with Crippen molar-refractivity contribution in [2.24, 2.45) is 0 Å². The third-order valence-corrected chi connectivity index (χ3v) is 14.7. The van der Waals surface area contributed by atoms with Gasteiger partial charge >= 0.3 is 0 Å². The van der Waals surface area contributed by atoms with Crippen molar-refractivity contribution in [2.45, 2.75) is 0 Å². The molecule has 0 saturated heterocycles. The molecule has 6 nitrogen and oxygen atoms in total. The van der Waals surface area contributed by atoms with Crippen molar-refractivity contribution in [1.82, 2.24) is 19.5 Å². The molecule has 15 rings (SSSR count). The van der Waals surface area contributed by atoms with Crippen LogP contribution in [0, 0.1) is 0 Å². The molecule has 0 unspecified atom stereocenters. The first kappa shape index (κ1) is 42.5. The molecule has 4 heterocycles. The van der Waals surface area contributed by atoms with E-state index in [4.69, 9.17) is 23.8 Å². The molecule has 4 aromatic heterocycles. The molecule has 15 aromatic rings. The van der Waals surface area contributed by atoms with Crippen LogP contribution in [0.1, 0.15) is 0 Å². The highest BCUT2D eigenvalue weighted by molar-refractivity contribution is 6.28. The summed E-state index contributed by atoms with van der Waals surface area (Å²) in [5.41, 5.74) is 17.8. The molecule has 0 aliphatic rings. The van der Waals surface area contributed by atoms with Gasteiger partial charge in [-0.15, -0.1) is 0 Å². The number of nitrogens with zero attached hydrogens (tertiary/aromatic N) is 4. The van der Waals surface area contributed by atoms with Crippen LogP contribution < -0.4 is 0 Å². The van der Waals surface area contributed by atoms with E-state index in [1.807, 2.05) is 24.3 Å². The number of benzene rings is 11. The van der Waals surface area contributed by atoms with Crippen LogP contribution in [0.2, 0.25) is 0 Å². The zero-order valence-electron chi connectivity index (χ0n) is 40.4. The Morgan fingerprint density at radius 3 is 1.25 bits per heavy atom. The summed E-state index contributed by atoms with van der Waals surface area (Å²) in [5, 5.41) is 6.28. The predicted molar refractivity (Wildman–Crippen MR) is 307 cm³/mol. The zero-order chi connectivity index (χ0) is 49.4. The van der Waals surface area contributed by atoms with Crippen molar-refractivity contribution in [3.8, 4) is 84.4 Å². The average Bonchev–Trinajstić information content (AvgIpc) is 4.30. The van der Waals surface area contributed by atoms with Crippen molar-refractivity contribution < 1.29 is 8.83 Å². The van der Waals surface area contributed by atoms with Crippen LogP contribution in [0.3, 0.4) is 0 Å². The average molecular weight is 959 g/mol. The molecule has 0 amide bonds. The summed E-state index contributed by atoms with van der Waals surface area (Å²) < 4.78 is 15.9. The Bertz CT molecular complexity index is 4500.